The molecule has 5 heteroatoms. The summed E-state index contributed by atoms with van der Waals surface area (Å²) in [5.74, 6) is 0.375. The van der Waals surface area contributed by atoms with E-state index in [0.29, 0.717) is 11.5 Å². The molecule has 2 heterocycles. The summed E-state index contributed by atoms with van der Waals surface area (Å²) >= 11 is 0. The Bertz CT molecular complexity index is 989. The van der Waals surface area contributed by atoms with Crippen molar-refractivity contribution in [3.8, 4) is 0 Å². The lowest BCUT2D eigenvalue weighted by Crippen LogP contribution is -2.13. The van der Waals surface area contributed by atoms with Crippen molar-refractivity contribution in [2.75, 3.05) is 5.32 Å². The van der Waals surface area contributed by atoms with Crippen LogP contribution in [-0.2, 0) is 0 Å². The van der Waals surface area contributed by atoms with E-state index in [-0.39, 0.29) is 5.56 Å². The van der Waals surface area contributed by atoms with Crippen LogP contribution in [0.15, 0.2) is 82.9 Å². The van der Waals surface area contributed by atoms with Crippen molar-refractivity contribution in [3.05, 3.63) is 94.5 Å². The number of aliphatic imine (C=N–C) groups is 1. The van der Waals surface area contributed by atoms with E-state index in [9.17, 15) is 4.79 Å². The molecule has 0 fully saturated rings. The number of rotatable bonds is 2. The molecule has 0 bridgehead atoms. The number of aromatic amines is 1. The van der Waals surface area contributed by atoms with Gasteiger partial charge in [-0.15, -0.1) is 0 Å². The fourth-order valence-corrected chi connectivity index (χ4v) is 2.57. The molecule has 116 valence electrons. The van der Waals surface area contributed by atoms with E-state index in [4.69, 9.17) is 0 Å². The highest BCUT2D eigenvalue weighted by Crippen LogP contribution is 2.27. The van der Waals surface area contributed by atoms with E-state index in [1.807, 2.05) is 66.7 Å². The SMILES string of the molecule is O=c1[nH]cnc2c1NC(c1ccccc1)=CC(c1ccccc1)=N2. The van der Waals surface area contributed by atoms with Gasteiger partial charge in [0, 0.05) is 11.3 Å². The van der Waals surface area contributed by atoms with E-state index < -0.39 is 0 Å². The van der Waals surface area contributed by atoms with Crippen molar-refractivity contribution in [2.45, 2.75) is 0 Å². The Labute approximate surface area is 138 Å². The predicted octanol–water partition coefficient (Wildman–Crippen LogP) is 3.36. The number of aromatic nitrogens is 2. The topological polar surface area (TPSA) is 70.1 Å². The summed E-state index contributed by atoms with van der Waals surface area (Å²) in [4.78, 5) is 23.6. The molecular formula is C19H14N4O. The normalized spacial score (nSPS) is 13.2. The second kappa shape index (κ2) is 5.96. The van der Waals surface area contributed by atoms with Gasteiger partial charge >= 0.3 is 0 Å². The molecule has 0 amide bonds. The summed E-state index contributed by atoms with van der Waals surface area (Å²) in [7, 11) is 0. The predicted molar refractivity (Wildman–Crippen MR) is 95.5 cm³/mol. The second-order valence-electron chi connectivity index (χ2n) is 5.34. The maximum absolute atomic E-state index is 12.2. The summed E-state index contributed by atoms with van der Waals surface area (Å²) in [6.07, 6.45) is 3.30. The van der Waals surface area contributed by atoms with Gasteiger partial charge in [0.25, 0.3) is 5.56 Å². The molecule has 0 spiro atoms. The maximum atomic E-state index is 12.2. The molecule has 1 aliphatic heterocycles. The molecule has 5 nitrogen and oxygen atoms in total. The van der Waals surface area contributed by atoms with E-state index in [0.717, 1.165) is 22.5 Å². The highest BCUT2D eigenvalue weighted by Gasteiger charge is 2.16. The van der Waals surface area contributed by atoms with Crippen LogP contribution in [0.1, 0.15) is 11.1 Å². The minimum absolute atomic E-state index is 0.250. The van der Waals surface area contributed by atoms with Crippen molar-refractivity contribution < 1.29 is 0 Å². The molecule has 0 saturated carbocycles. The van der Waals surface area contributed by atoms with Gasteiger partial charge in [-0.2, -0.15) is 0 Å². The number of benzene rings is 2. The first kappa shape index (κ1) is 14.1. The summed E-state index contributed by atoms with van der Waals surface area (Å²) in [6, 6.07) is 19.7. The van der Waals surface area contributed by atoms with Gasteiger partial charge in [0.1, 0.15) is 0 Å². The lowest BCUT2D eigenvalue weighted by molar-refractivity contribution is 1.11. The standard InChI is InChI=1S/C19H14N4O/c24-19-17-18(20-12-21-19)23-16(14-9-5-2-6-10-14)11-15(22-17)13-7-3-1-4-8-13/h1-12,22H,(H,20,21,24). The first-order valence-electron chi connectivity index (χ1n) is 7.57. The fourth-order valence-electron chi connectivity index (χ4n) is 2.57. The van der Waals surface area contributed by atoms with Gasteiger partial charge < -0.3 is 10.3 Å². The molecule has 4 rings (SSSR count). The summed E-state index contributed by atoms with van der Waals surface area (Å²) in [5.41, 5.74) is 3.58. The van der Waals surface area contributed by atoms with Crippen molar-refractivity contribution in [1.29, 1.82) is 0 Å². The number of nitrogens with one attached hydrogen (secondary N) is 2. The Morgan fingerprint density at radius 1 is 0.833 bits per heavy atom. The first-order valence-corrected chi connectivity index (χ1v) is 7.57. The zero-order valence-electron chi connectivity index (χ0n) is 12.7. The van der Waals surface area contributed by atoms with Crippen LogP contribution in [0.4, 0.5) is 11.5 Å². The van der Waals surface area contributed by atoms with Gasteiger partial charge in [-0.05, 0) is 11.6 Å². The van der Waals surface area contributed by atoms with Gasteiger partial charge in [0.05, 0.1) is 12.0 Å². The molecule has 0 unspecified atom stereocenters. The largest absolute Gasteiger partial charge is 0.347 e. The molecule has 1 aromatic heterocycles. The second-order valence-corrected chi connectivity index (χ2v) is 5.34. The van der Waals surface area contributed by atoms with Crippen LogP contribution in [0.5, 0.6) is 0 Å². The van der Waals surface area contributed by atoms with Crippen LogP contribution in [0.3, 0.4) is 0 Å². The van der Waals surface area contributed by atoms with Crippen LogP contribution in [0.2, 0.25) is 0 Å². The van der Waals surface area contributed by atoms with Gasteiger partial charge in [0.15, 0.2) is 11.5 Å². The molecule has 2 N–H and O–H groups in total. The molecule has 0 aliphatic carbocycles. The highest BCUT2D eigenvalue weighted by molar-refractivity contribution is 6.15. The van der Waals surface area contributed by atoms with E-state index in [1.54, 1.807) is 0 Å². The van der Waals surface area contributed by atoms with E-state index in [1.165, 1.54) is 6.33 Å². The van der Waals surface area contributed by atoms with Crippen LogP contribution < -0.4 is 10.9 Å². The number of hydrogen-bond donors (Lipinski definition) is 2. The zero-order chi connectivity index (χ0) is 16.4. The Morgan fingerprint density at radius 2 is 1.50 bits per heavy atom. The third-order valence-corrected chi connectivity index (χ3v) is 3.75. The Balaban J connectivity index is 1.94. The monoisotopic (exact) mass is 314 g/mol. The van der Waals surface area contributed by atoms with Crippen molar-refractivity contribution in [3.63, 3.8) is 0 Å². The van der Waals surface area contributed by atoms with Crippen LogP contribution in [-0.4, -0.2) is 15.7 Å². The number of allylic oxidation sites excluding steroid dienone is 1. The minimum Gasteiger partial charge on any atom is -0.347 e. The summed E-state index contributed by atoms with van der Waals surface area (Å²) in [5, 5.41) is 3.18. The quantitative estimate of drug-likeness (QED) is 0.762. The highest BCUT2D eigenvalue weighted by atomic mass is 16.1. The third kappa shape index (κ3) is 2.63. The molecule has 2 aromatic carbocycles. The number of hydrogen-bond acceptors (Lipinski definition) is 4. The van der Waals surface area contributed by atoms with Crippen molar-refractivity contribution >= 4 is 22.9 Å². The van der Waals surface area contributed by atoms with Crippen molar-refractivity contribution in [2.24, 2.45) is 4.99 Å². The Morgan fingerprint density at radius 3 is 2.21 bits per heavy atom. The van der Waals surface area contributed by atoms with Gasteiger partial charge in [-0.3, -0.25) is 4.79 Å². The van der Waals surface area contributed by atoms with Crippen molar-refractivity contribution in [1.82, 2.24) is 9.97 Å². The number of fused-ring (bicyclic) bond motifs is 1. The number of nitrogens with zero attached hydrogens (tertiary/aromatic N) is 2. The van der Waals surface area contributed by atoms with E-state index >= 15 is 0 Å². The zero-order valence-corrected chi connectivity index (χ0v) is 12.7. The lowest BCUT2D eigenvalue weighted by Gasteiger charge is -2.09. The molecule has 3 aromatic rings. The summed E-state index contributed by atoms with van der Waals surface area (Å²) < 4.78 is 0. The van der Waals surface area contributed by atoms with Crippen LogP contribution in [0, 0.1) is 0 Å². The van der Waals surface area contributed by atoms with Crippen LogP contribution >= 0.6 is 0 Å². The molecule has 24 heavy (non-hydrogen) atoms. The molecule has 0 radical (unpaired) electrons. The maximum Gasteiger partial charge on any atom is 0.276 e. The first-order chi connectivity index (χ1) is 11.8. The Kier molecular flexibility index (Phi) is 3.51. The average Bonchev–Trinajstić information content (AvgIpc) is 2.84. The smallest absolute Gasteiger partial charge is 0.276 e. The van der Waals surface area contributed by atoms with Gasteiger partial charge in [-0.25, -0.2) is 9.98 Å². The fraction of sp³-hybridized carbons (Fsp3) is 0. The molecule has 1 aliphatic rings. The molecule has 0 saturated heterocycles. The number of anilines is 1. The summed E-state index contributed by atoms with van der Waals surface area (Å²) in [6.45, 7) is 0. The lowest BCUT2D eigenvalue weighted by atomic mass is 10.1. The van der Waals surface area contributed by atoms with Gasteiger partial charge in [0.2, 0.25) is 0 Å². The van der Waals surface area contributed by atoms with Crippen LogP contribution in [0.25, 0.3) is 5.70 Å². The average molecular weight is 314 g/mol. The molecule has 0 atom stereocenters. The Hall–Kier alpha value is -3.47. The van der Waals surface area contributed by atoms with E-state index in [2.05, 4.69) is 20.3 Å². The minimum atomic E-state index is -0.250. The third-order valence-electron chi connectivity index (χ3n) is 3.75. The van der Waals surface area contributed by atoms with Gasteiger partial charge in [-0.1, -0.05) is 60.7 Å². The molecular weight excluding hydrogens is 300 g/mol. The number of H-pyrrole nitrogens is 1.